The average Bonchev–Trinajstić information content (AvgIpc) is 3.31. The van der Waals surface area contributed by atoms with Crippen molar-refractivity contribution in [2.75, 3.05) is 6.54 Å². The van der Waals surface area contributed by atoms with Crippen LogP contribution in [0.25, 0.3) is 0 Å². The van der Waals surface area contributed by atoms with Crippen LogP contribution in [0.5, 0.6) is 0 Å². The molecule has 2 atom stereocenters. The van der Waals surface area contributed by atoms with Gasteiger partial charge in [0.25, 0.3) is 0 Å². The summed E-state index contributed by atoms with van der Waals surface area (Å²) in [6.45, 7) is 7.68. The summed E-state index contributed by atoms with van der Waals surface area (Å²) in [5, 5.41) is 10.7. The van der Waals surface area contributed by atoms with Crippen molar-refractivity contribution < 1.29 is 5.11 Å². The molecule has 0 aromatic heterocycles. The van der Waals surface area contributed by atoms with Gasteiger partial charge in [-0.15, -0.1) is 0 Å². The van der Waals surface area contributed by atoms with Gasteiger partial charge in [0.15, 0.2) is 0 Å². The predicted octanol–water partition coefficient (Wildman–Crippen LogP) is 3.94. The van der Waals surface area contributed by atoms with Gasteiger partial charge in [-0.1, -0.05) is 44.5 Å². The van der Waals surface area contributed by atoms with Crippen LogP contribution in [0.3, 0.4) is 0 Å². The molecule has 2 nitrogen and oxygen atoms in total. The molecule has 112 valence electrons. The molecule has 2 rings (SSSR count). The minimum atomic E-state index is -0.377. The number of hydrogen-bond acceptors (Lipinski definition) is 2. The first kappa shape index (κ1) is 15.5. The van der Waals surface area contributed by atoms with E-state index in [2.05, 4.69) is 49.9 Å². The highest BCUT2D eigenvalue weighted by molar-refractivity contribution is 5.25. The number of benzene rings is 1. The third kappa shape index (κ3) is 3.83. The Labute approximate surface area is 123 Å². The summed E-state index contributed by atoms with van der Waals surface area (Å²) < 4.78 is 0. The van der Waals surface area contributed by atoms with Crippen molar-refractivity contribution in [2.24, 2.45) is 0 Å². The fourth-order valence-electron chi connectivity index (χ4n) is 2.88. The van der Waals surface area contributed by atoms with Gasteiger partial charge < -0.3 is 5.11 Å². The summed E-state index contributed by atoms with van der Waals surface area (Å²) in [5.41, 5.74) is 2.38. The number of unbranched alkanes of at least 4 members (excludes halogenated alkanes) is 1. The van der Waals surface area contributed by atoms with E-state index in [-0.39, 0.29) is 12.1 Å². The fraction of sp³-hybridized carbons (Fsp3) is 0.667. The van der Waals surface area contributed by atoms with Gasteiger partial charge in [0.2, 0.25) is 0 Å². The highest BCUT2D eigenvalue weighted by Gasteiger charge is 2.34. The molecule has 1 saturated carbocycles. The van der Waals surface area contributed by atoms with Crippen LogP contribution in [0.2, 0.25) is 0 Å². The lowest BCUT2D eigenvalue weighted by molar-refractivity contribution is 0.0520. The standard InChI is InChI=1S/C18H29NO/c1-4-6-13-19(17-11-12-17)14(3)18(20)16-9-7-15(5-2)8-10-16/h7-10,14,17-18,20H,4-6,11-13H2,1-3H3. The summed E-state index contributed by atoms with van der Waals surface area (Å²) in [5.74, 6) is 0. The molecule has 0 saturated heterocycles. The van der Waals surface area contributed by atoms with E-state index in [0.717, 1.165) is 18.5 Å². The van der Waals surface area contributed by atoms with E-state index in [0.29, 0.717) is 6.04 Å². The predicted molar refractivity (Wildman–Crippen MR) is 84.9 cm³/mol. The van der Waals surface area contributed by atoms with Crippen molar-refractivity contribution in [2.45, 2.75) is 71.1 Å². The van der Waals surface area contributed by atoms with Gasteiger partial charge in [-0.3, -0.25) is 4.90 Å². The Morgan fingerprint density at radius 3 is 2.35 bits per heavy atom. The lowest BCUT2D eigenvalue weighted by Crippen LogP contribution is -2.39. The van der Waals surface area contributed by atoms with Crippen LogP contribution in [0, 0.1) is 0 Å². The second kappa shape index (κ2) is 7.24. The van der Waals surface area contributed by atoms with Crippen molar-refractivity contribution in [3.63, 3.8) is 0 Å². The lowest BCUT2D eigenvalue weighted by atomic mass is 10.00. The Hall–Kier alpha value is -0.860. The number of aryl methyl sites for hydroxylation is 1. The quantitative estimate of drug-likeness (QED) is 0.777. The number of rotatable bonds is 8. The van der Waals surface area contributed by atoms with Gasteiger partial charge in [-0.2, -0.15) is 0 Å². The smallest absolute Gasteiger partial charge is 0.0942 e. The Morgan fingerprint density at radius 1 is 1.20 bits per heavy atom. The first-order valence-corrected chi connectivity index (χ1v) is 8.20. The van der Waals surface area contributed by atoms with Crippen molar-refractivity contribution in [3.8, 4) is 0 Å². The zero-order valence-corrected chi connectivity index (χ0v) is 13.2. The molecule has 0 spiro atoms. The Balaban J connectivity index is 2.02. The molecular weight excluding hydrogens is 246 g/mol. The van der Waals surface area contributed by atoms with Crippen molar-refractivity contribution in [1.29, 1.82) is 0 Å². The SMILES string of the molecule is CCCCN(C1CC1)C(C)C(O)c1ccc(CC)cc1. The van der Waals surface area contributed by atoms with Crippen LogP contribution < -0.4 is 0 Å². The molecule has 1 aromatic carbocycles. The summed E-state index contributed by atoms with van der Waals surface area (Å²) in [6.07, 6.45) is 5.72. The van der Waals surface area contributed by atoms with Crippen molar-refractivity contribution in [3.05, 3.63) is 35.4 Å². The van der Waals surface area contributed by atoms with E-state index in [4.69, 9.17) is 0 Å². The summed E-state index contributed by atoms with van der Waals surface area (Å²) in [4.78, 5) is 2.52. The zero-order chi connectivity index (χ0) is 14.5. The van der Waals surface area contributed by atoms with Gasteiger partial charge in [-0.05, 0) is 50.3 Å². The van der Waals surface area contributed by atoms with Gasteiger partial charge in [0.1, 0.15) is 0 Å². The van der Waals surface area contributed by atoms with E-state index >= 15 is 0 Å². The molecule has 1 aromatic rings. The van der Waals surface area contributed by atoms with Crippen LogP contribution >= 0.6 is 0 Å². The third-order valence-corrected chi connectivity index (χ3v) is 4.50. The van der Waals surface area contributed by atoms with Gasteiger partial charge in [-0.25, -0.2) is 0 Å². The lowest BCUT2D eigenvalue weighted by Gasteiger charge is -2.32. The molecule has 2 unspecified atom stereocenters. The first-order valence-electron chi connectivity index (χ1n) is 8.20. The van der Waals surface area contributed by atoms with Crippen LogP contribution in [0.4, 0.5) is 0 Å². The average molecular weight is 275 g/mol. The van der Waals surface area contributed by atoms with Gasteiger partial charge >= 0.3 is 0 Å². The van der Waals surface area contributed by atoms with Crippen molar-refractivity contribution >= 4 is 0 Å². The zero-order valence-electron chi connectivity index (χ0n) is 13.2. The minimum Gasteiger partial charge on any atom is -0.387 e. The third-order valence-electron chi connectivity index (χ3n) is 4.50. The second-order valence-corrected chi connectivity index (χ2v) is 6.10. The molecule has 0 amide bonds. The molecular formula is C18H29NO. The molecule has 0 radical (unpaired) electrons. The monoisotopic (exact) mass is 275 g/mol. The maximum Gasteiger partial charge on any atom is 0.0942 e. The molecule has 2 heteroatoms. The summed E-state index contributed by atoms with van der Waals surface area (Å²) in [6, 6.07) is 9.37. The Bertz CT molecular complexity index is 396. The highest BCUT2D eigenvalue weighted by Crippen LogP contribution is 2.33. The first-order chi connectivity index (χ1) is 9.67. The highest BCUT2D eigenvalue weighted by atomic mass is 16.3. The largest absolute Gasteiger partial charge is 0.387 e. The van der Waals surface area contributed by atoms with E-state index < -0.39 is 0 Å². The number of nitrogens with zero attached hydrogens (tertiary/aromatic N) is 1. The van der Waals surface area contributed by atoms with Crippen LogP contribution in [-0.2, 0) is 6.42 Å². The normalized spacial score (nSPS) is 18.2. The van der Waals surface area contributed by atoms with Crippen LogP contribution in [0.15, 0.2) is 24.3 Å². The molecule has 0 bridgehead atoms. The van der Waals surface area contributed by atoms with Gasteiger partial charge in [0.05, 0.1) is 6.10 Å². The van der Waals surface area contributed by atoms with E-state index in [1.165, 1.54) is 31.2 Å². The number of hydrogen-bond donors (Lipinski definition) is 1. The van der Waals surface area contributed by atoms with Crippen LogP contribution in [-0.4, -0.2) is 28.6 Å². The molecule has 1 aliphatic rings. The second-order valence-electron chi connectivity index (χ2n) is 6.10. The molecule has 1 N–H and O–H groups in total. The molecule has 1 fully saturated rings. The topological polar surface area (TPSA) is 23.5 Å². The van der Waals surface area contributed by atoms with E-state index in [1.54, 1.807) is 0 Å². The maximum absolute atomic E-state index is 10.7. The minimum absolute atomic E-state index is 0.210. The molecule has 0 heterocycles. The maximum atomic E-state index is 10.7. The fourth-order valence-corrected chi connectivity index (χ4v) is 2.88. The van der Waals surface area contributed by atoms with Crippen LogP contribution in [0.1, 0.15) is 63.7 Å². The Morgan fingerprint density at radius 2 is 1.85 bits per heavy atom. The van der Waals surface area contributed by atoms with Gasteiger partial charge in [0, 0.05) is 12.1 Å². The summed E-state index contributed by atoms with van der Waals surface area (Å²) in [7, 11) is 0. The number of aliphatic hydroxyl groups is 1. The van der Waals surface area contributed by atoms with Crippen molar-refractivity contribution in [1.82, 2.24) is 4.90 Å². The molecule has 20 heavy (non-hydrogen) atoms. The Kier molecular flexibility index (Phi) is 5.62. The number of aliphatic hydroxyl groups excluding tert-OH is 1. The van der Waals surface area contributed by atoms with E-state index in [1.807, 2.05) is 0 Å². The van der Waals surface area contributed by atoms with E-state index in [9.17, 15) is 5.11 Å². The molecule has 0 aliphatic heterocycles. The summed E-state index contributed by atoms with van der Waals surface area (Å²) >= 11 is 0. The molecule has 1 aliphatic carbocycles.